The molecule has 0 aliphatic carbocycles. The Morgan fingerprint density at radius 2 is 1.63 bits per heavy atom. The number of para-hydroxylation sites is 1. The lowest BCUT2D eigenvalue weighted by Crippen LogP contribution is -2.68. The fourth-order valence-corrected chi connectivity index (χ4v) is 7.33. The summed E-state index contributed by atoms with van der Waals surface area (Å²) in [5, 5.41) is 35.7. The van der Waals surface area contributed by atoms with Crippen molar-refractivity contribution in [3.63, 3.8) is 0 Å². The highest BCUT2D eigenvalue weighted by Crippen LogP contribution is 2.79. The number of aliphatic carboxylic acids is 1. The molecule has 3 aliphatic rings. The molecule has 3 heterocycles. The van der Waals surface area contributed by atoms with Gasteiger partial charge in [0.05, 0.1) is 18.6 Å². The number of aliphatic hydroxyl groups excluding tert-OH is 1. The van der Waals surface area contributed by atoms with Gasteiger partial charge >= 0.3 is 5.97 Å². The van der Waals surface area contributed by atoms with E-state index in [4.69, 9.17) is 9.47 Å². The number of fused-ring (bicyclic) bond motifs is 3. The fraction of sp³-hybridized carbons (Fsp3) is 0.394. The van der Waals surface area contributed by atoms with Gasteiger partial charge in [0.2, 0.25) is 5.60 Å². The van der Waals surface area contributed by atoms with Crippen LogP contribution in [-0.4, -0.2) is 62.2 Å². The van der Waals surface area contributed by atoms with E-state index in [1.54, 1.807) is 79.4 Å². The highest BCUT2D eigenvalue weighted by Gasteiger charge is 2.99. The number of amides is 1. The molecule has 3 aromatic carbocycles. The van der Waals surface area contributed by atoms with E-state index in [2.05, 4.69) is 5.32 Å². The van der Waals surface area contributed by atoms with Crippen LogP contribution in [0.25, 0.3) is 0 Å². The smallest absolute Gasteiger partial charge is 0.305 e. The topological polar surface area (TPSA) is 132 Å². The van der Waals surface area contributed by atoms with Gasteiger partial charge in [-0.05, 0) is 42.2 Å². The number of halogens is 1. The number of aliphatic hydroxyl groups is 2. The largest absolute Gasteiger partial charge is 0.481 e. The van der Waals surface area contributed by atoms with Crippen LogP contribution in [0.5, 0.6) is 0 Å². The second-order valence-corrected chi connectivity index (χ2v) is 11.8. The normalized spacial score (nSPS) is 32.1. The van der Waals surface area contributed by atoms with Crippen LogP contribution >= 0.6 is 0 Å². The van der Waals surface area contributed by atoms with Crippen molar-refractivity contribution in [3.05, 3.63) is 102 Å². The number of carbonyl (C=O) groups is 2. The summed E-state index contributed by atoms with van der Waals surface area (Å²) in [6, 6.07) is 23.6. The van der Waals surface area contributed by atoms with Crippen LogP contribution in [0.2, 0.25) is 0 Å². The summed E-state index contributed by atoms with van der Waals surface area (Å²) in [7, 11) is 0. The molecule has 226 valence electrons. The van der Waals surface area contributed by atoms with E-state index in [9.17, 15) is 29.3 Å². The number of carboxylic acids is 1. The van der Waals surface area contributed by atoms with E-state index in [0.717, 1.165) is 0 Å². The average molecular weight is 591 g/mol. The second-order valence-electron chi connectivity index (χ2n) is 11.8. The van der Waals surface area contributed by atoms with Crippen LogP contribution in [0, 0.1) is 11.7 Å². The molecule has 9 nitrogen and oxygen atoms in total. The van der Waals surface area contributed by atoms with Gasteiger partial charge in [0.25, 0.3) is 5.91 Å². The van der Waals surface area contributed by atoms with E-state index in [0.29, 0.717) is 23.2 Å². The molecule has 1 amide bonds. The van der Waals surface area contributed by atoms with Crippen LogP contribution in [0.3, 0.4) is 0 Å². The van der Waals surface area contributed by atoms with Crippen molar-refractivity contribution >= 4 is 17.6 Å². The van der Waals surface area contributed by atoms with Crippen LogP contribution in [0.15, 0.2) is 84.9 Å². The van der Waals surface area contributed by atoms with Gasteiger partial charge in [-0.25, -0.2) is 9.29 Å². The third-order valence-corrected chi connectivity index (χ3v) is 9.08. The third-order valence-electron chi connectivity index (χ3n) is 9.08. The SMILES string of the molecule is CC(C)C1(O)N2CCC(C[C@@H](O)CC(=O)O)OC2(c2ccc(F)cc2)C2(c3ccccc3)OC12C(=O)Nc1ccccc1. The Morgan fingerprint density at radius 1 is 1.00 bits per heavy atom. The molecule has 0 aromatic heterocycles. The van der Waals surface area contributed by atoms with E-state index >= 15 is 0 Å². The van der Waals surface area contributed by atoms with Crippen molar-refractivity contribution in [2.45, 2.75) is 68.0 Å². The lowest BCUT2D eigenvalue weighted by molar-refractivity contribution is -0.326. The Kier molecular flexibility index (Phi) is 7.18. The number of morpholine rings is 1. The molecule has 4 N–H and O–H groups in total. The Labute approximate surface area is 248 Å². The zero-order chi connectivity index (χ0) is 30.6. The molecule has 0 bridgehead atoms. The summed E-state index contributed by atoms with van der Waals surface area (Å²) >= 11 is 0. The summed E-state index contributed by atoms with van der Waals surface area (Å²) in [5.41, 5.74) is -5.55. The predicted octanol–water partition coefficient (Wildman–Crippen LogP) is 3.96. The minimum Gasteiger partial charge on any atom is -0.481 e. The molecule has 0 spiro atoms. The zero-order valence-corrected chi connectivity index (χ0v) is 23.9. The van der Waals surface area contributed by atoms with Crippen molar-refractivity contribution in [2.75, 3.05) is 11.9 Å². The van der Waals surface area contributed by atoms with Gasteiger partial charge in [-0.1, -0.05) is 74.5 Å². The number of epoxide rings is 1. The summed E-state index contributed by atoms with van der Waals surface area (Å²) in [6.07, 6.45) is -2.01. The standard InChI is InChI=1S/C33H35FN2O7/c1-21(2)32(41)31(29(40)35-25-11-7-4-8-12-25)30(43-31,22-9-5-3-6-10-22)33(23-13-15-24(34)16-14-23)36(32)18-17-27(42-33)19-26(37)20-28(38)39/h3-16,21,26-27,37,41H,17-20H2,1-2H3,(H,35,40)(H,38,39)/t26-,27?,30?,31?,32?,33?/m1/s1. The first-order valence-electron chi connectivity index (χ1n) is 14.5. The minimum atomic E-state index is -1.92. The maximum absolute atomic E-state index is 14.6. The number of rotatable bonds is 9. The second kappa shape index (κ2) is 10.5. The Morgan fingerprint density at radius 3 is 2.23 bits per heavy atom. The van der Waals surface area contributed by atoms with Crippen LogP contribution in [0.4, 0.5) is 10.1 Å². The zero-order valence-electron chi connectivity index (χ0n) is 23.9. The lowest BCUT2D eigenvalue weighted by atomic mass is 9.73. The molecule has 5 unspecified atom stereocenters. The van der Waals surface area contributed by atoms with Gasteiger partial charge in [-0.3, -0.25) is 9.59 Å². The van der Waals surface area contributed by atoms with Crippen LogP contribution < -0.4 is 5.32 Å². The van der Waals surface area contributed by atoms with Crippen molar-refractivity contribution < 1.29 is 38.8 Å². The van der Waals surface area contributed by atoms with E-state index in [1.165, 1.54) is 12.1 Å². The Balaban J connectivity index is 1.59. The molecule has 3 aliphatic heterocycles. The van der Waals surface area contributed by atoms with Gasteiger partial charge in [0.15, 0.2) is 17.1 Å². The molecule has 43 heavy (non-hydrogen) atoms. The lowest BCUT2D eigenvalue weighted by Gasteiger charge is -2.54. The summed E-state index contributed by atoms with van der Waals surface area (Å²) in [6.45, 7) is 3.83. The molecule has 6 atom stereocenters. The molecular formula is C33H35FN2O7. The number of carbonyl (C=O) groups excluding carboxylic acids is 1. The molecule has 3 saturated heterocycles. The van der Waals surface area contributed by atoms with Gasteiger partial charge in [-0.15, -0.1) is 0 Å². The summed E-state index contributed by atoms with van der Waals surface area (Å²) < 4.78 is 28.0. The number of benzene rings is 3. The fourth-order valence-electron chi connectivity index (χ4n) is 7.33. The van der Waals surface area contributed by atoms with Gasteiger partial charge in [0.1, 0.15) is 5.82 Å². The number of anilines is 1. The minimum absolute atomic E-state index is 0.00271. The summed E-state index contributed by atoms with van der Waals surface area (Å²) in [4.78, 5) is 27.7. The molecule has 10 heteroatoms. The first-order chi connectivity index (χ1) is 20.5. The molecule has 0 radical (unpaired) electrons. The molecule has 3 aromatic rings. The first kappa shape index (κ1) is 29.4. The Hall–Kier alpha value is -3.67. The Bertz CT molecular complexity index is 1510. The van der Waals surface area contributed by atoms with Crippen LogP contribution in [0.1, 0.15) is 44.2 Å². The molecule has 3 fully saturated rings. The summed E-state index contributed by atoms with van der Waals surface area (Å²) in [5.74, 6) is -2.75. The number of nitrogens with zero attached hydrogens (tertiary/aromatic N) is 1. The quantitative estimate of drug-likeness (QED) is 0.276. The monoisotopic (exact) mass is 590 g/mol. The highest BCUT2D eigenvalue weighted by atomic mass is 19.1. The highest BCUT2D eigenvalue weighted by molar-refractivity contribution is 6.03. The van der Waals surface area contributed by atoms with E-state index in [1.807, 2.05) is 12.1 Å². The van der Waals surface area contributed by atoms with Crippen molar-refractivity contribution in [1.29, 1.82) is 0 Å². The maximum atomic E-state index is 14.6. The third kappa shape index (κ3) is 4.08. The molecule has 0 saturated carbocycles. The van der Waals surface area contributed by atoms with Crippen molar-refractivity contribution in [1.82, 2.24) is 4.90 Å². The molecular weight excluding hydrogens is 555 g/mol. The number of carboxylic acid groups (broad SMARTS) is 1. The van der Waals surface area contributed by atoms with E-state index in [-0.39, 0.29) is 13.0 Å². The average Bonchev–Trinajstić information content (AvgIpc) is 3.67. The van der Waals surface area contributed by atoms with Crippen LogP contribution in [-0.2, 0) is 30.4 Å². The molecule has 6 rings (SSSR count). The number of hydrogen-bond donors (Lipinski definition) is 4. The number of ether oxygens (including phenoxy) is 2. The van der Waals surface area contributed by atoms with Crippen molar-refractivity contribution in [2.24, 2.45) is 5.92 Å². The predicted molar refractivity (Wildman–Crippen MR) is 154 cm³/mol. The van der Waals surface area contributed by atoms with E-state index < -0.39 is 64.9 Å². The van der Waals surface area contributed by atoms with Gasteiger partial charge < -0.3 is 30.1 Å². The van der Waals surface area contributed by atoms with Gasteiger partial charge in [0, 0.05) is 24.2 Å². The van der Waals surface area contributed by atoms with Crippen molar-refractivity contribution in [3.8, 4) is 0 Å². The maximum Gasteiger partial charge on any atom is 0.305 e. The number of nitrogens with one attached hydrogen (secondary N) is 1. The van der Waals surface area contributed by atoms with Gasteiger partial charge in [-0.2, -0.15) is 0 Å². The number of hydrogen-bond acceptors (Lipinski definition) is 7. The first-order valence-corrected chi connectivity index (χ1v) is 14.5.